The molecule has 0 radical (unpaired) electrons. The van der Waals surface area contributed by atoms with Gasteiger partial charge in [0.15, 0.2) is 34.5 Å². The van der Waals surface area contributed by atoms with Crippen molar-refractivity contribution in [3.8, 4) is 34.5 Å². The number of rotatable bonds is 12. The molecule has 69 heavy (non-hydrogen) atoms. The second-order valence-corrected chi connectivity index (χ2v) is 15.4. The van der Waals surface area contributed by atoms with Crippen LogP contribution in [0.15, 0.2) is 110 Å². The van der Waals surface area contributed by atoms with Crippen LogP contribution in [0.4, 0.5) is 47.7 Å². The molecule has 0 saturated heterocycles. The van der Waals surface area contributed by atoms with E-state index in [-0.39, 0.29) is 17.1 Å². The molecule has 0 atom stereocenters. The van der Waals surface area contributed by atoms with Crippen LogP contribution in [0, 0.1) is 17.5 Å². The highest BCUT2D eigenvalue weighted by Crippen LogP contribution is 2.38. The molecule has 0 unspecified atom stereocenters. The number of fused-ring (bicyclic) bond motifs is 3. The van der Waals surface area contributed by atoms with Gasteiger partial charge in [-0.15, -0.1) is 0 Å². The van der Waals surface area contributed by atoms with E-state index in [4.69, 9.17) is 63.2 Å². The Bertz CT molecular complexity index is 2960. The Morgan fingerprint density at radius 3 is 0.826 bits per heavy atom. The monoisotopic (exact) mass is 999 g/mol. The molecule has 0 fully saturated rings. The molecular formula is C48H39Cl3F3N9O6. The van der Waals surface area contributed by atoms with Crippen LogP contribution in [0.5, 0.6) is 34.5 Å². The van der Waals surface area contributed by atoms with Gasteiger partial charge >= 0.3 is 0 Å². The Labute approximate surface area is 407 Å². The van der Waals surface area contributed by atoms with Crippen LogP contribution in [-0.2, 0) is 0 Å². The van der Waals surface area contributed by atoms with Gasteiger partial charge < -0.3 is 44.4 Å². The third kappa shape index (κ3) is 11.5. The lowest BCUT2D eigenvalue weighted by Crippen LogP contribution is -1.99. The standard InChI is InChI=1S/3C16H13ClFN3O2/c3*1-22-14-6-10-13(7-15(14)23-2)19-8-20-16(10)21-12-4-3-9(17)5-11(12)18/h3*3-8H,1-2H3,(H,19,20,21). The topological polar surface area (TPSA) is 169 Å². The largest absolute Gasteiger partial charge is 0.493 e. The van der Waals surface area contributed by atoms with Crippen molar-refractivity contribution < 1.29 is 41.6 Å². The third-order valence-electron chi connectivity index (χ3n) is 9.97. The van der Waals surface area contributed by atoms with Crippen LogP contribution in [-0.4, -0.2) is 72.6 Å². The summed E-state index contributed by atoms with van der Waals surface area (Å²) in [5.41, 5.74) is 2.75. The second kappa shape index (κ2) is 22.3. The first-order chi connectivity index (χ1) is 33.4. The lowest BCUT2D eigenvalue weighted by Gasteiger charge is -2.12. The highest BCUT2D eigenvalue weighted by atomic mass is 35.5. The van der Waals surface area contributed by atoms with Crippen molar-refractivity contribution in [3.05, 3.63) is 142 Å². The van der Waals surface area contributed by atoms with Gasteiger partial charge in [0.2, 0.25) is 0 Å². The Hall–Kier alpha value is -7.80. The summed E-state index contributed by atoms with van der Waals surface area (Å²) in [6.45, 7) is 0. The van der Waals surface area contributed by atoms with Crippen molar-refractivity contribution in [2.75, 3.05) is 58.6 Å². The predicted octanol–water partition coefficient (Wildman–Crippen LogP) is 12.5. The number of aromatic nitrogens is 6. The first-order valence-corrected chi connectivity index (χ1v) is 21.3. The fraction of sp³-hybridized carbons (Fsp3) is 0.125. The quantitative estimate of drug-likeness (QED) is 0.106. The molecule has 354 valence electrons. The highest BCUT2D eigenvalue weighted by molar-refractivity contribution is 6.31. The molecule has 0 amide bonds. The minimum atomic E-state index is -0.468. The first-order valence-electron chi connectivity index (χ1n) is 20.1. The maximum Gasteiger partial charge on any atom is 0.162 e. The van der Waals surface area contributed by atoms with Crippen molar-refractivity contribution in [2.45, 2.75) is 0 Å². The fourth-order valence-electron chi connectivity index (χ4n) is 6.60. The smallest absolute Gasteiger partial charge is 0.162 e. The molecular weight excluding hydrogens is 962 g/mol. The number of benzene rings is 6. The van der Waals surface area contributed by atoms with Crippen molar-refractivity contribution >= 4 is 102 Å². The van der Waals surface area contributed by atoms with Gasteiger partial charge in [-0.25, -0.2) is 43.1 Å². The van der Waals surface area contributed by atoms with Gasteiger partial charge in [-0.05, 0) is 72.8 Å². The Kier molecular flexibility index (Phi) is 15.9. The lowest BCUT2D eigenvalue weighted by atomic mass is 10.2. The molecule has 0 aliphatic carbocycles. The molecule has 0 aliphatic heterocycles. The second-order valence-electron chi connectivity index (χ2n) is 14.1. The van der Waals surface area contributed by atoms with E-state index in [2.05, 4.69) is 45.9 Å². The zero-order chi connectivity index (χ0) is 49.2. The number of ether oxygens (including phenoxy) is 6. The van der Waals surface area contributed by atoms with E-state index in [9.17, 15) is 13.2 Å². The van der Waals surface area contributed by atoms with Crippen LogP contribution < -0.4 is 44.4 Å². The van der Waals surface area contributed by atoms with Gasteiger partial charge in [-0.1, -0.05) is 34.8 Å². The summed E-state index contributed by atoms with van der Waals surface area (Å²) in [4.78, 5) is 25.1. The van der Waals surface area contributed by atoms with Crippen molar-refractivity contribution in [1.29, 1.82) is 0 Å². The van der Waals surface area contributed by atoms with Gasteiger partial charge in [0.05, 0.1) is 76.3 Å². The number of halogens is 6. The lowest BCUT2D eigenvalue weighted by molar-refractivity contribution is 0.356. The summed E-state index contributed by atoms with van der Waals surface area (Å²) in [7, 11) is 9.27. The molecule has 9 rings (SSSR count). The van der Waals surface area contributed by atoms with E-state index < -0.39 is 17.5 Å². The van der Waals surface area contributed by atoms with Crippen LogP contribution >= 0.6 is 34.8 Å². The van der Waals surface area contributed by atoms with Gasteiger partial charge in [0.1, 0.15) is 53.9 Å². The van der Waals surface area contributed by atoms with E-state index in [1.165, 1.54) is 37.2 Å². The van der Waals surface area contributed by atoms with Crippen LogP contribution in [0.2, 0.25) is 15.1 Å². The SMILES string of the molecule is COc1cc2ncnc(Nc3ccc(Cl)cc3F)c2cc1OC.COc1cc2ncnc(Nc3ccc(Cl)cc3F)c2cc1OC.COc1cc2ncnc(Nc3ccc(Cl)cc3F)c2cc1OC. The fourth-order valence-corrected chi connectivity index (χ4v) is 7.08. The maximum absolute atomic E-state index is 14.0. The molecule has 0 saturated carbocycles. The minimum absolute atomic E-state index is 0.268. The summed E-state index contributed by atoms with van der Waals surface area (Å²) >= 11 is 17.3. The van der Waals surface area contributed by atoms with E-state index in [0.29, 0.717) is 99.7 Å². The first kappa shape index (κ1) is 49.1. The number of nitrogens with zero attached hydrogens (tertiary/aromatic N) is 6. The summed E-state index contributed by atoms with van der Waals surface area (Å²) in [5.74, 6) is 3.25. The zero-order valence-electron chi connectivity index (χ0n) is 37.3. The normalized spacial score (nSPS) is 10.6. The molecule has 3 aromatic heterocycles. The van der Waals surface area contributed by atoms with Gasteiger partial charge in [0, 0.05) is 49.4 Å². The number of nitrogens with one attached hydrogen (secondary N) is 3. The third-order valence-corrected chi connectivity index (χ3v) is 10.7. The number of hydrogen-bond acceptors (Lipinski definition) is 15. The molecule has 15 nitrogen and oxygen atoms in total. The minimum Gasteiger partial charge on any atom is -0.493 e. The number of methoxy groups -OCH3 is 6. The summed E-state index contributed by atoms with van der Waals surface area (Å²) < 4.78 is 73.5. The van der Waals surface area contributed by atoms with E-state index in [0.717, 1.165) is 0 Å². The molecule has 0 aliphatic rings. The Morgan fingerprint density at radius 2 is 0.594 bits per heavy atom. The average Bonchev–Trinajstić information content (AvgIpc) is 3.35. The van der Waals surface area contributed by atoms with Crippen molar-refractivity contribution in [2.24, 2.45) is 0 Å². The number of hydrogen-bond donors (Lipinski definition) is 3. The molecule has 3 heterocycles. The highest BCUT2D eigenvalue weighted by Gasteiger charge is 2.16. The van der Waals surface area contributed by atoms with E-state index >= 15 is 0 Å². The van der Waals surface area contributed by atoms with Crippen molar-refractivity contribution in [1.82, 2.24) is 29.9 Å². The van der Waals surface area contributed by atoms with Gasteiger partial charge in [-0.3, -0.25) is 0 Å². The van der Waals surface area contributed by atoms with Crippen molar-refractivity contribution in [3.63, 3.8) is 0 Å². The van der Waals surface area contributed by atoms with Crippen LogP contribution in [0.25, 0.3) is 32.7 Å². The summed E-state index contributed by atoms with van der Waals surface area (Å²) in [6.07, 6.45) is 4.18. The molecule has 21 heteroatoms. The van der Waals surface area contributed by atoms with Crippen LogP contribution in [0.3, 0.4) is 0 Å². The van der Waals surface area contributed by atoms with Gasteiger partial charge in [-0.2, -0.15) is 0 Å². The molecule has 0 bridgehead atoms. The molecule has 3 N–H and O–H groups in total. The van der Waals surface area contributed by atoms with Gasteiger partial charge in [0.25, 0.3) is 0 Å². The zero-order valence-corrected chi connectivity index (χ0v) is 39.6. The molecule has 0 spiro atoms. The van der Waals surface area contributed by atoms with E-state index in [1.54, 1.807) is 115 Å². The molecule has 6 aromatic carbocycles. The number of anilines is 6. The maximum atomic E-state index is 14.0. The van der Waals surface area contributed by atoms with Crippen LogP contribution in [0.1, 0.15) is 0 Å². The summed E-state index contributed by atoms with van der Waals surface area (Å²) in [5, 5.41) is 11.9. The summed E-state index contributed by atoms with van der Waals surface area (Å²) in [6, 6.07) is 23.6. The average molecular weight is 1000 g/mol. The molecule has 9 aromatic rings. The predicted molar refractivity (Wildman–Crippen MR) is 262 cm³/mol. The Balaban J connectivity index is 0.000000153. The van der Waals surface area contributed by atoms with E-state index in [1.807, 2.05) is 0 Å². The Morgan fingerprint density at radius 1 is 0.348 bits per heavy atom.